The van der Waals surface area contributed by atoms with Crippen LogP contribution in [0.25, 0.3) is 11.0 Å². The predicted octanol–water partition coefficient (Wildman–Crippen LogP) is 2.13. The number of anilines is 1. The minimum Gasteiger partial charge on any atom is -0.395 e. The molecular formula is C15H14N4O4. The van der Waals surface area contributed by atoms with Gasteiger partial charge in [0.15, 0.2) is 0 Å². The fraction of sp³-hybridized carbons (Fsp3) is 0.200. The molecule has 0 bridgehead atoms. The smallest absolute Gasteiger partial charge is 0.323 e. The molecule has 8 heteroatoms. The zero-order chi connectivity index (χ0) is 16.2. The molecule has 0 radical (unpaired) electrons. The van der Waals surface area contributed by atoms with Crippen molar-refractivity contribution in [3.63, 3.8) is 0 Å². The first-order valence-corrected chi connectivity index (χ1v) is 7.00. The summed E-state index contributed by atoms with van der Waals surface area (Å²) >= 11 is 0. The number of aliphatic hydroxyl groups is 1. The number of benzene rings is 2. The van der Waals surface area contributed by atoms with Gasteiger partial charge in [0.05, 0.1) is 11.5 Å². The summed E-state index contributed by atoms with van der Waals surface area (Å²) in [6.07, 6.45) is 0. The van der Waals surface area contributed by atoms with Crippen LogP contribution in [0.1, 0.15) is 5.56 Å². The topological polar surface area (TPSA) is 106 Å². The van der Waals surface area contributed by atoms with Crippen LogP contribution in [0.2, 0.25) is 0 Å². The lowest BCUT2D eigenvalue weighted by molar-refractivity contribution is -0.382. The molecule has 0 amide bonds. The van der Waals surface area contributed by atoms with Gasteiger partial charge in [-0.05, 0) is 28.0 Å². The number of hydrogen-bond acceptors (Lipinski definition) is 7. The van der Waals surface area contributed by atoms with Crippen molar-refractivity contribution in [2.24, 2.45) is 0 Å². The van der Waals surface area contributed by atoms with Crippen molar-refractivity contribution in [1.82, 2.24) is 10.3 Å². The van der Waals surface area contributed by atoms with Gasteiger partial charge in [-0.1, -0.05) is 30.3 Å². The van der Waals surface area contributed by atoms with E-state index in [4.69, 9.17) is 0 Å². The van der Waals surface area contributed by atoms with Gasteiger partial charge in [0, 0.05) is 13.1 Å². The lowest BCUT2D eigenvalue weighted by Crippen LogP contribution is -2.26. The molecule has 118 valence electrons. The summed E-state index contributed by atoms with van der Waals surface area (Å²) in [5, 5.41) is 28.1. The first-order valence-electron chi connectivity index (χ1n) is 7.00. The molecule has 0 aliphatic heterocycles. The van der Waals surface area contributed by atoms with E-state index in [9.17, 15) is 15.2 Å². The monoisotopic (exact) mass is 314 g/mol. The molecule has 23 heavy (non-hydrogen) atoms. The van der Waals surface area contributed by atoms with E-state index in [1.54, 1.807) is 17.0 Å². The standard InChI is InChI=1S/C15H14N4O4/c20-9-8-18(10-11-4-2-1-3-5-11)13-7-6-12-14(17-23-16-12)15(13)19(21)22/h1-7,20H,8-10H2. The van der Waals surface area contributed by atoms with E-state index in [2.05, 4.69) is 14.9 Å². The first kappa shape index (κ1) is 14.9. The molecule has 2 aromatic carbocycles. The van der Waals surface area contributed by atoms with Crippen molar-refractivity contribution >= 4 is 22.4 Å². The Labute approximate surface area is 131 Å². The second kappa shape index (κ2) is 6.41. The van der Waals surface area contributed by atoms with Crippen molar-refractivity contribution in [3.05, 3.63) is 58.1 Å². The number of fused-ring (bicyclic) bond motifs is 1. The van der Waals surface area contributed by atoms with E-state index in [0.717, 1.165) is 5.56 Å². The maximum Gasteiger partial charge on any atom is 0.323 e. The summed E-state index contributed by atoms with van der Waals surface area (Å²) in [6.45, 7) is 0.560. The Morgan fingerprint density at radius 3 is 2.65 bits per heavy atom. The van der Waals surface area contributed by atoms with Crippen LogP contribution in [0.15, 0.2) is 47.1 Å². The summed E-state index contributed by atoms with van der Waals surface area (Å²) < 4.78 is 4.60. The number of aromatic nitrogens is 2. The molecule has 0 aliphatic rings. The second-order valence-electron chi connectivity index (χ2n) is 4.95. The van der Waals surface area contributed by atoms with E-state index in [0.29, 0.717) is 17.7 Å². The predicted molar refractivity (Wildman–Crippen MR) is 83.0 cm³/mol. The zero-order valence-electron chi connectivity index (χ0n) is 12.1. The van der Waals surface area contributed by atoms with Crippen LogP contribution in [-0.4, -0.2) is 33.5 Å². The molecule has 1 N–H and O–H groups in total. The van der Waals surface area contributed by atoms with E-state index >= 15 is 0 Å². The van der Waals surface area contributed by atoms with Gasteiger partial charge in [0.25, 0.3) is 0 Å². The number of nitro benzene ring substituents is 1. The molecule has 0 saturated heterocycles. The van der Waals surface area contributed by atoms with Crippen LogP contribution in [-0.2, 0) is 6.54 Å². The highest BCUT2D eigenvalue weighted by Crippen LogP contribution is 2.34. The fourth-order valence-electron chi connectivity index (χ4n) is 2.47. The molecule has 1 heterocycles. The number of aliphatic hydroxyl groups excluding tert-OH is 1. The highest BCUT2D eigenvalue weighted by atomic mass is 16.6. The minimum atomic E-state index is -0.503. The summed E-state index contributed by atoms with van der Waals surface area (Å²) in [5.41, 5.74) is 1.60. The molecule has 0 atom stereocenters. The molecule has 0 aliphatic carbocycles. The van der Waals surface area contributed by atoms with Gasteiger partial charge < -0.3 is 10.0 Å². The molecule has 0 fully saturated rings. The average molecular weight is 314 g/mol. The van der Waals surface area contributed by atoms with Crippen molar-refractivity contribution in [3.8, 4) is 0 Å². The summed E-state index contributed by atoms with van der Waals surface area (Å²) in [4.78, 5) is 12.7. The Morgan fingerprint density at radius 1 is 1.17 bits per heavy atom. The lowest BCUT2D eigenvalue weighted by Gasteiger charge is -2.23. The highest BCUT2D eigenvalue weighted by molar-refractivity contribution is 5.91. The van der Waals surface area contributed by atoms with Crippen molar-refractivity contribution < 1.29 is 14.7 Å². The van der Waals surface area contributed by atoms with E-state index < -0.39 is 4.92 Å². The van der Waals surface area contributed by atoms with Gasteiger partial charge >= 0.3 is 5.69 Å². The molecular weight excluding hydrogens is 300 g/mol. The molecule has 0 spiro atoms. The lowest BCUT2D eigenvalue weighted by atomic mass is 10.1. The largest absolute Gasteiger partial charge is 0.395 e. The van der Waals surface area contributed by atoms with Crippen molar-refractivity contribution in [1.29, 1.82) is 0 Å². The first-order chi connectivity index (χ1) is 11.2. The van der Waals surface area contributed by atoms with Gasteiger partial charge in [0.1, 0.15) is 11.2 Å². The van der Waals surface area contributed by atoms with E-state index in [1.165, 1.54) is 0 Å². The summed E-state index contributed by atoms with van der Waals surface area (Å²) in [7, 11) is 0. The summed E-state index contributed by atoms with van der Waals surface area (Å²) in [6, 6.07) is 12.7. The van der Waals surface area contributed by atoms with Crippen LogP contribution in [0, 0.1) is 10.1 Å². The molecule has 8 nitrogen and oxygen atoms in total. The Kier molecular flexibility index (Phi) is 4.15. The SMILES string of the molecule is O=[N+]([O-])c1c(N(CCO)Cc2ccccc2)ccc2nonc12. The summed E-state index contributed by atoms with van der Waals surface area (Å²) in [5.74, 6) is 0. The van der Waals surface area contributed by atoms with Crippen LogP contribution >= 0.6 is 0 Å². The molecule has 3 aromatic rings. The number of rotatable bonds is 6. The van der Waals surface area contributed by atoms with Gasteiger partial charge in [-0.2, -0.15) is 0 Å². The van der Waals surface area contributed by atoms with Crippen molar-refractivity contribution in [2.75, 3.05) is 18.1 Å². The maximum absolute atomic E-state index is 11.5. The molecule has 3 rings (SSSR count). The quantitative estimate of drug-likeness (QED) is 0.548. The Balaban J connectivity index is 2.06. The third-order valence-corrected chi connectivity index (χ3v) is 3.49. The van der Waals surface area contributed by atoms with Gasteiger partial charge in [-0.3, -0.25) is 10.1 Å². The van der Waals surface area contributed by atoms with Gasteiger partial charge in [-0.15, -0.1) is 0 Å². The number of nitrogens with zero attached hydrogens (tertiary/aromatic N) is 4. The fourth-order valence-corrected chi connectivity index (χ4v) is 2.47. The normalized spacial score (nSPS) is 10.8. The molecule has 0 saturated carbocycles. The Bertz CT molecular complexity index is 819. The Morgan fingerprint density at radius 2 is 1.96 bits per heavy atom. The Hall–Kier alpha value is -3.00. The van der Waals surface area contributed by atoms with E-state index in [-0.39, 0.29) is 24.4 Å². The molecule has 0 unspecified atom stereocenters. The number of hydrogen-bond donors (Lipinski definition) is 1. The van der Waals surface area contributed by atoms with Gasteiger partial charge in [-0.25, -0.2) is 4.63 Å². The van der Waals surface area contributed by atoms with Gasteiger partial charge in [0.2, 0.25) is 5.52 Å². The number of nitro groups is 1. The van der Waals surface area contributed by atoms with Crippen LogP contribution in [0.3, 0.4) is 0 Å². The minimum absolute atomic E-state index is 0.100. The zero-order valence-corrected chi connectivity index (χ0v) is 12.1. The molecule has 1 aromatic heterocycles. The highest BCUT2D eigenvalue weighted by Gasteiger charge is 2.26. The van der Waals surface area contributed by atoms with Crippen LogP contribution < -0.4 is 4.90 Å². The van der Waals surface area contributed by atoms with Crippen molar-refractivity contribution in [2.45, 2.75) is 6.54 Å². The third kappa shape index (κ3) is 2.97. The van der Waals surface area contributed by atoms with Crippen LogP contribution in [0.5, 0.6) is 0 Å². The van der Waals surface area contributed by atoms with Crippen LogP contribution in [0.4, 0.5) is 11.4 Å². The van der Waals surface area contributed by atoms with E-state index in [1.807, 2.05) is 30.3 Å². The maximum atomic E-state index is 11.5. The second-order valence-corrected chi connectivity index (χ2v) is 4.95. The third-order valence-electron chi connectivity index (χ3n) is 3.49. The average Bonchev–Trinajstić information content (AvgIpc) is 3.02.